The second kappa shape index (κ2) is 6.20. The fourth-order valence-electron chi connectivity index (χ4n) is 3.01. The lowest BCUT2D eigenvalue weighted by atomic mass is 9.96. The molecule has 3 nitrogen and oxygen atoms in total. The van der Waals surface area contributed by atoms with Crippen molar-refractivity contribution in [3.8, 4) is 0 Å². The minimum atomic E-state index is 0.133. The highest BCUT2D eigenvalue weighted by molar-refractivity contribution is 5.97. The molecular weight excluding hydrogens is 238 g/mol. The van der Waals surface area contributed by atoms with Gasteiger partial charge in [0.2, 0.25) is 0 Å². The van der Waals surface area contributed by atoms with Gasteiger partial charge in [-0.3, -0.25) is 4.79 Å². The molecule has 0 saturated carbocycles. The molecule has 0 aromatic heterocycles. The van der Waals surface area contributed by atoms with E-state index in [-0.39, 0.29) is 18.6 Å². The Morgan fingerprint density at radius 3 is 2.63 bits per heavy atom. The molecule has 0 aliphatic carbocycles. The molecule has 1 amide bonds. The predicted octanol–water partition coefficient (Wildman–Crippen LogP) is 2.68. The second-order valence-electron chi connectivity index (χ2n) is 5.43. The standard InChI is InChI=1S/C16H23NO2/c1-12-6-5-7-13(2)15(12)16(19)17-10-4-3-8-14(17)9-11-18/h5-7,14,18H,3-4,8-11H2,1-2H3. The lowest BCUT2D eigenvalue weighted by Gasteiger charge is -2.36. The highest BCUT2D eigenvalue weighted by Crippen LogP contribution is 2.24. The Kier molecular flexibility index (Phi) is 4.59. The van der Waals surface area contributed by atoms with Crippen molar-refractivity contribution in [2.24, 2.45) is 0 Å². The van der Waals surface area contributed by atoms with Gasteiger partial charge in [-0.1, -0.05) is 18.2 Å². The monoisotopic (exact) mass is 261 g/mol. The smallest absolute Gasteiger partial charge is 0.254 e. The summed E-state index contributed by atoms with van der Waals surface area (Å²) in [6.07, 6.45) is 3.92. The summed E-state index contributed by atoms with van der Waals surface area (Å²) in [5, 5.41) is 9.16. The Bertz CT molecular complexity index is 434. The Hall–Kier alpha value is -1.35. The summed E-state index contributed by atoms with van der Waals surface area (Å²) in [4.78, 5) is 14.7. The van der Waals surface area contributed by atoms with Gasteiger partial charge in [0, 0.05) is 24.8 Å². The molecular formula is C16H23NO2. The van der Waals surface area contributed by atoms with E-state index in [1.807, 2.05) is 36.9 Å². The largest absolute Gasteiger partial charge is 0.396 e. The molecule has 3 heteroatoms. The third-order valence-corrected chi connectivity index (χ3v) is 4.05. The van der Waals surface area contributed by atoms with Crippen LogP contribution < -0.4 is 0 Å². The number of carbonyl (C=O) groups is 1. The molecule has 0 radical (unpaired) electrons. The Labute approximate surface area is 115 Å². The fourth-order valence-corrected chi connectivity index (χ4v) is 3.01. The molecule has 1 aliphatic rings. The summed E-state index contributed by atoms with van der Waals surface area (Å²) in [5.41, 5.74) is 2.92. The van der Waals surface area contributed by atoms with Gasteiger partial charge in [-0.25, -0.2) is 0 Å². The number of amides is 1. The molecule has 1 unspecified atom stereocenters. The third kappa shape index (κ3) is 2.98. The van der Waals surface area contributed by atoms with Crippen molar-refractivity contribution in [2.45, 2.75) is 45.6 Å². The van der Waals surface area contributed by atoms with Crippen LogP contribution in [-0.4, -0.2) is 35.1 Å². The average molecular weight is 261 g/mol. The number of aryl methyl sites for hydroxylation is 2. The molecule has 1 saturated heterocycles. The van der Waals surface area contributed by atoms with Crippen LogP contribution in [0.15, 0.2) is 18.2 Å². The molecule has 2 rings (SSSR count). The van der Waals surface area contributed by atoms with Crippen LogP contribution in [0, 0.1) is 13.8 Å². The zero-order valence-electron chi connectivity index (χ0n) is 11.9. The Balaban J connectivity index is 2.26. The summed E-state index contributed by atoms with van der Waals surface area (Å²) >= 11 is 0. The van der Waals surface area contributed by atoms with Crippen LogP contribution in [0.4, 0.5) is 0 Å². The minimum absolute atomic E-state index is 0.133. The molecule has 1 aromatic rings. The maximum atomic E-state index is 12.8. The van der Waals surface area contributed by atoms with Crippen molar-refractivity contribution in [1.82, 2.24) is 4.90 Å². The van der Waals surface area contributed by atoms with Gasteiger partial charge in [0.25, 0.3) is 5.91 Å². The zero-order chi connectivity index (χ0) is 13.8. The van der Waals surface area contributed by atoms with Gasteiger partial charge in [0.1, 0.15) is 0 Å². The third-order valence-electron chi connectivity index (χ3n) is 4.05. The summed E-state index contributed by atoms with van der Waals surface area (Å²) in [6, 6.07) is 6.17. The van der Waals surface area contributed by atoms with E-state index in [1.165, 1.54) is 0 Å². The van der Waals surface area contributed by atoms with E-state index in [9.17, 15) is 4.79 Å². The van der Waals surface area contributed by atoms with E-state index < -0.39 is 0 Å². The number of nitrogens with zero attached hydrogens (tertiary/aromatic N) is 1. The van der Waals surface area contributed by atoms with Gasteiger partial charge < -0.3 is 10.0 Å². The van der Waals surface area contributed by atoms with E-state index >= 15 is 0 Å². The molecule has 104 valence electrons. The number of aliphatic hydroxyl groups is 1. The average Bonchev–Trinajstić information content (AvgIpc) is 2.39. The first-order valence-electron chi connectivity index (χ1n) is 7.13. The first-order valence-corrected chi connectivity index (χ1v) is 7.13. The molecule has 1 atom stereocenters. The Morgan fingerprint density at radius 2 is 2.00 bits per heavy atom. The molecule has 1 N–H and O–H groups in total. The number of hydrogen-bond donors (Lipinski definition) is 1. The molecule has 19 heavy (non-hydrogen) atoms. The number of hydrogen-bond acceptors (Lipinski definition) is 2. The number of piperidine rings is 1. The van der Waals surface area contributed by atoms with Crippen molar-refractivity contribution >= 4 is 5.91 Å². The van der Waals surface area contributed by atoms with E-state index in [4.69, 9.17) is 5.11 Å². The van der Waals surface area contributed by atoms with Gasteiger partial charge in [0.15, 0.2) is 0 Å². The van der Waals surface area contributed by atoms with Crippen molar-refractivity contribution in [3.63, 3.8) is 0 Å². The molecule has 1 aromatic carbocycles. The zero-order valence-corrected chi connectivity index (χ0v) is 11.9. The van der Waals surface area contributed by atoms with Crippen molar-refractivity contribution in [3.05, 3.63) is 34.9 Å². The highest BCUT2D eigenvalue weighted by atomic mass is 16.3. The van der Waals surface area contributed by atoms with Gasteiger partial charge >= 0.3 is 0 Å². The summed E-state index contributed by atoms with van der Waals surface area (Å²) in [7, 11) is 0. The first kappa shape index (κ1) is 14.1. The lowest BCUT2D eigenvalue weighted by Crippen LogP contribution is -2.44. The molecule has 1 aliphatic heterocycles. The van der Waals surface area contributed by atoms with E-state index in [0.29, 0.717) is 6.42 Å². The van der Waals surface area contributed by atoms with Crippen LogP contribution >= 0.6 is 0 Å². The van der Waals surface area contributed by atoms with Crippen molar-refractivity contribution in [1.29, 1.82) is 0 Å². The summed E-state index contributed by atoms with van der Waals surface area (Å²) in [6.45, 7) is 4.95. The molecule has 1 fully saturated rings. The fraction of sp³-hybridized carbons (Fsp3) is 0.562. The molecule has 1 heterocycles. The van der Waals surface area contributed by atoms with Crippen LogP contribution in [0.25, 0.3) is 0 Å². The number of aliphatic hydroxyl groups excluding tert-OH is 1. The van der Waals surface area contributed by atoms with Crippen LogP contribution in [0.3, 0.4) is 0 Å². The number of rotatable bonds is 3. The SMILES string of the molecule is Cc1cccc(C)c1C(=O)N1CCCCC1CCO. The highest BCUT2D eigenvalue weighted by Gasteiger charge is 2.28. The molecule has 0 bridgehead atoms. The van der Waals surface area contributed by atoms with Gasteiger partial charge in [0.05, 0.1) is 0 Å². The van der Waals surface area contributed by atoms with E-state index in [2.05, 4.69) is 0 Å². The van der Waals surface area contributed by atoms with Gasteiger partial charge in [-0.15, -0.1) is 0 Å². The van der Waals surface area contributed by atoms with Crippen LogP contribution in [-0.2, 0) is 0 Å². The number of benzene rings is 1. The van der Waals surface area contributed by atoms with Crippen LogP contribution in [0.1, 0.15) is 47.2 Å². The number of carbonyl (C=O) groups excluding carboxylic acids is 1. The first-order chi connectivity index (χ1) is 9.15. The Morgan fingerprint density at radius 1 is 1.32 bits per heavy atom. The van der Waals surface area contributed by atoms with Crippen molar-refractivity contribution in [2.75, 3.05) is 13.2 Å². The van der Waals surface area contributed by atoms with Crippen LogP contribution in [0.5, 0.6) is 0 Å². The normalized spacial score (nSPS) is 19.5. The predicted molar refractivity (Wildman–Crippen MR) is 76.3 cm³/mol. The van der Waals surface area contributed by atoms with E-state index in [1.54, 1.807) is 0 Å². The summed E-state index contributed by atoms with van der Waals surface area (Å²) in [5.74, 6) is 0.133. The van der Waals surface area contributed by atoms with Crippen molar-refractivity contribution < 1.29 is 9.90 Å². The van der Waals surface area contributed by atoms with Crippen LogP contribution in [0.2, 0.25) is 0 Å². The quantitative estimate of drug-likeness (QED) is 0.908. The summed E-state index contributed by atoms with van der Waals surface area (Å²) < 4.78 is 0. The maximum Gasteiger partial charge on any atom is 0.254 e. The van der Waals surface area contributed by atoms with Gasteiger partial charge in [-0.05, 0) is 50.7 Å². The van der Waals surface area contributed by atoms with E-state index in [0.717, 1.165) is 42.5 Å². The van der Waals surface area contributed by atoms with Gasteiger partial charge in [-0.2, -0.15) is 0 Å². The maximum absolute atomic E-state index is 12.8. The topological polar surface area (TPSA) is 40.5 Å². The second-order valence-corrected chi connectivity index (χ2v) is 5.43. The lowest BCUT2D eigenvalue weighted by molar-refractivity contribution is 0.0573. The molecule has 0 spiro atoms. The number of likely N-dealkylation sites (tertiary alicyclic amines) is 1. The minimum Gasteiger partial charge on any atom is -0.396 e.